The van der Waals surface area contributed by atoms with Gasteiger partial charge in [0.2, 0.25) is 0 Å². The summed E-state index contributed by atoms with van der Waals surface area (Å²) in [6, 6.07) is 5.37. The molecule has 2 nitrogen and oxygen atoms in total. The van der Waals surface area contributed by atoms with Crippen molar-refractivity contribution >= 4 is 11.6 Å². The molecule has 1 aliphatic heterocycles. The lowest BCUT2D eigenvalue weighted by Gasteiger charge is -2.23. The Balaban J connectivity index is 2.05. The lowest BCUT2D eigenvalue weighted by Crippen LogP contribution is -2.34. The maximum absolute atomic E-state index is 13.0. The van der Waals surface area contributed by atoms with Crippen molar-refractivity contribution in [3.8, 4) is 0 Å². The van der Waals surface area contributed by atoms with Gasteiger partial charge in [0.1, 0.15) is 5.82 Å². The molecule has 1 fully saturated rings. The van der Waals surface area contributed by atoms with Gasteiger partial charge in [0.25, 0.3) is 0 Å². The van der Waals surface area contributed by atoms with Crippen LogP contribution in [0.25, 0.3) is 0 Å². The molecule has 4 heteroatoms. The summed E-state index contributed by atoms with van der Waals surface area (Å²) < 4.78 is 13.0. The van der Waals surface area contributed by atoms with Gasteiger partial charge in [-0.3, -0.25) is 4.90 Å². The molecule has 1 atom stereocenters. The van der Waals surface area contributed by atoms with Crippen molar-refractivity contribution < 1.29 is 4.39 Å². The quantitative estimate of drug-likeness (QED) is 0.882. The van der Waals surface area contributed by atoms with Crippen molar-refractivity contribution in [2.75, 3.05) is 13.1 Å². The first-order valence-corrected chi connectivity index (χ1v) is 5.96. The molecule has 1 unspecified atom stereocenters. The molecule has 0 amide bonds. The van der Waals surface area contributed by atoms with E-state index in [-0.39, 0.29) is 10.8 Å². The fraction of sp³-hybridized carbons (Fsp3) is 0.500. The Bertz CT molecular complexity index is 370. The molecule has 0 spiro atoms. The van der Waals surface area contributed by atoms with Crippen LogP contribution in [0.5, 0.6) is 0 Å². The Labute approximate surface area is 100 Å². The Morgan fingerprint density at radius 1 is 1.50 bits per heavy atom. The van der Waals surface area contributed by atoms with Gasteiger partial charge < -0.3 is 5.73 Å². The van der Waals surface area contributed by atoms with Crippen molar-refractivity contribution in [1.82, 2.24) is 4.90 Å². The van der Waals surface area contributed by atoms with E-state index in [2.05, 4.69) is 4.90 Å². The SMILES string of the molecule is NCC1CCCN1Cc1ccc(F)c(Cl)c1. The molecule has 1 heterocycles. The number of hydrogen-bond donors (Lipinski definition) is 1. The van der Waals surface area contributed by atoms with Gasteiger partial charge in [-0.2, -0.15) is 0 Å². The third kappa shape index (κ3) is 2.54. The van der Waals surface area contributed by atoms with Gasteiger partial charge in [-0.25, -0.2) is 4.39 Å². The highest BCUT2D eigenvalue weighted by atomic mass is 35.5. The molecule has 1 aromatic rings. The van der Waals surface area contributed by atoms with E-state index in [0.717, 1.165) is 25.1 Å². The summed E-state index contributed by atoms with van der Waals surface area (Å²) in [6.07, 6.45) is 2.35. The van der Waals surface area contributed by atoms with E-state index in [0.29, 0.717) is 12.6 Å². The maximum Gasteiger partial charge on any atom is 0.141 e. The number of nitrogens with two attached hydrogens (primary N) is 1. The van der Waals surface area contributed by atoms with Crippen LogP contribution in [0.15, 0.2) is 18.2 Å². The van der Waals surface area contributed by atoms with Crippen LogP contribution >= 0.6 is 11.6 Å². The predicted molar refractivity (Wildman–Crippen MR) is 63.9 cm³/mol. The molecule has 88 valence electrons. The molecular weight excluding hydrogens is 227 g/mol. The van der Waals surface area contributed by atoms with Crippen LogP contribution in [-0.2, 0) is 6.54 Å². The molecule has 1 aliphatic rings. The second kappa shape index (κ2) is 5.13. The highest BCUT2D eigenvalue weighted by Gasteiger charge is 2.22. The van der Waals surface area contributed by atoms with Crippen LogP contribution in [0.3, 0.4) is 0 Å². The molecule has 1 aromatic carbocycles. The number of halogens is 2. The Kier molecular flexibility index (Phi) is 3.79. The van der Waals surface area contributed by atoms with Gasteiger partial charge in [-0.1, -0.05) is 17.7 Å². The molecule has 0 aliphatic carbocycles. The van der Waals surface area contributed by atoms with Crippen molar-refractivity contribution in [1.29, 1.82) is 0 Å². The monoisotopic (exact) mass is 242 g/mol. The van der Waals surface area contributed by atoms with E-state index in [1.165, 1.54) is 12.5 Å². The minimum absolute atomic E-state index is 0.195. The Hall–Kier alpha value is -0.640. The number of benzene rings is 1. The summed E-state index contributed by atoms with van der Waals surface area (Å²) in [7, 11) is 0. The third-order valence-corrected chi connectivity index (χ3v) is 3.43. The van der Waals surface area contributed by atoms with E-state index in [9.17, 15) is 4.39 Å². The zero-order valence-corrected chi connectivity index (χ0v) is 9.88. The van der Waals surface area contributed by atoms with E-state index in [4.69, 9.17) is 17.3 Å². The first kappa shape index (κ1) is 11.8. The van der Waals surface area contributed by atoms with Gasteiger partial charge in [-0.15, -0.1) is 0 Å². The van der Waals surface area contributed by atoms with Crippen molar-refractivity contribution in [3.05, 3.63) is 34.6 Å². The van der Waals surface area contributed by atoms with Crippen LogP contribution in [0, 0.1) is 5.82 Å². The third-order valence-electron chi connectivity index (χ3n) is 3.14. The second-order valence-electron chi connectivity index (χ2n) is 4.25. The summed E-state index contributed by atoms with van der Waals surface area (Å²) in [5, 5.41) is 0.195. The van der Waals surface area contributed by atoms with E-state index >= 15 is 0 Å². The average molecular weight is 243 g/mol. The number of rotatable bonds is 3. The van der Waals surface area contributed by atoms with Gasteiger partial charge >= 0.3 is 0 Å². The van der Waals surface area contributed by atoms with Crippen LogP contribution in [-0.4, -0.2) is 24.0 Å². The molecule has 2 N–H and O–H groups in total. The molecule has 1 saturated heterocycles. The molecule has 0 bridgehead atoms. The largest absolute Gasteiger partial charge is 0.329 e. The van der Waals surface area contributed by atoms with E-state index < -0.39 is 0 Å². The number of hydrogen-bond acceptors (Lipinski definition) is 2. The lowest BCUT2D eigenvalue weighted by atomic mass is 10.2. The van der Waals surface area contributed by atoms with Crippen molar-refractivity contribution in [3.63, 3.8) is 0 Å². The Morgan fingerprint density at radius 3 is 3.00 bits per heavy atom. The fourth-order valence-electron chi connectivity index (χ4n) is 2.24. The minimum atomic E-state index is -0.359. The Morgan fingerprint density at radius 2 is 2.31 bits per heavy atom. The highest BCUT2D eigenvalue weighted by molar-refractivity contribution is 6.30. The van der Waals surface area contributed by atoms with Crippen LogP contribution in [0.1, 0.15) is 18.4 Å². The summed E-state index contributed by atoms with van der Waals surface area (Å²) in [4.78, 5) is 2.34. The van der Waals surface area contributed by atoms with E-state index in [1.54, 1.807) is 12.1 Å². The van der Waals surface area contributed by atoms with Crippen LogP contribution in [0.2, 0.25) is 5.02 Å². The molecule has 2 rings (SSSR count). The standard InChI is InChI=1S/C12H16ClFN2/c13-11-6-9(3-4-12(11)14)8-16-5-1-2-10(16)7-15/h3-4,6,10H,1-2,5,7-8,15H2. The fourth-order valence-corrected chi connectivity index (χ4v) is 2.45. The van der Waals surface area contributed by atoms with Gasteiger partial charge in [0.15, 0.2) is 0 Å². The molecule has 0 saturated carbocycles. The van der Waals surface area contributed by atoms with Crippen LogP contribution < -0.4 is 5.73 Å². The van der Waals surface area contributed by atoms with Gasteiger partial charge in [0.05, 0.1) is 5.02 Å². The molecule has 0 radical (unpaired) electrons. The summed E-state index contributed by atoms with van der Waals surface area (Å²) in [5.74, 6) is -0.359. The zero-order chi connectivity index (χ0) is 11.5. The minimum Gasteiger partial charge on any atom is -0.329 e. The molecular formula is C12H16ClFN2. The molecule has 16 heavy (non-hydrogen) atoms. The maximum atomic E-state index is 13.0. The highest BCUT2D eigenvalue weighted by Crippen LogP contribution is 2.22. The number of likely N-dealkylation sites (tertiary alicyclic amines) is 1. The zero-order valence-electron chi connectivity index (χ0n) is 9.13. The first-order valence-electron chi connectivity index (χ1n) is 5.58. The number of nitrogens with zero attached hydrogens (tertiary/aromatic N) is 1. The summed E-state index contributed by atoms with van der Waals surface area (Å²) >= 11 is 5.75. The van der Waals surface area contributed by atoms with Gasteiger partial charge in [0, 0.05) is 19.1 Å². The average Bonchev–Trinajstić information content (AvgIpc) is 2.71. The molecule has 0 aromatic heterocycles. The summed E-state index contributed by atoms with van der Waals surface area (Å²) in [5.41, 5.74) is 6.75. The van der Waals surface area contributed by atoms with Crippen molar-refractivity contribution in [2.24, 2.45) is 5.73 Å². The van der Waals surface area contributed by atoms with Crippen molar-refractivity contribution in [2.45, 2.75) is 25.4 Å². The summed E-state index contributed by atoms with van der Waals surface area (Å²) in [6.45, 7) is 2.56. The van der Waals surface area contributed by atoms with Crippen LogP contribution in [0.4, 0.5) is 4.39 Å². The van der Waals surface area contributed by atoms with E-state index in [1.807, 2.05) is 0 Å². The predicted octanol–water partition coefficient (Wildman–Crippen LogP) is 2.40. The first-order chi connectivity index (χ1) is 7.70. The normalized spacial score (nSPS) is 21.6. The second-order valence-corrected chi connectivity index (χ2v) is 4.66. The van der Waals surface area contributed by atoms with Gasteiger partial charge in [-0.05, 0) is 37.1 Å². The lowest BCUT2D eigenvalue weighted by molar-refractivity contribution is 0.250. The topological polar surface area (TPSA) is 29.3 Å². The smallest absolute Gasteiger partial charge is 0.141 e.